The maximum absolute atomic E-state index is 6.40. The molecule has 2 heterocycles. The number of nitrogens with one attached hydrogen (secondary N) is 1. The molecule has 7 heteroatoms. The van der Waals surface area contributed by atoms with Gasteiger partial charge in [0.25, 0.3) is 0 Å². The minimum absolute atomic E-state index is 0.561. The topological polar surface area (TPSA) is 70.3 Å². The maximum Gasteiger partial charge on any atom is 0.157 e. The van der Waals surface area contributed by atoms with Crippen LogP contribution in [0, 0.1) is 0 Å². The van der Waals surface area contributed by atoms with Gasteiger partial charge < -0.3 is 16.0 Å². The number of hydrogen-bond acceptors (Lipinski definition) is 6. The summed E-state index contributed by atoms with van der Waals surface area (Å²) in [5, 5.41) is 4.02. The van der Waals surface area contributed by atoms with Gasteiger partial charge in [-0.15, -0.1) is 0 Å². The first-order chi connectivity index (χ1) is 14.2. The second-order valence-electron chi connectivity index (χ2n) is 7.15. The second kappa shape index (κ2) is 9.11. The fourth-order valence-corrected chi connectivity index (χ4v) is 3.76. The largest absolute Gasteiger partial charge is 0.393 e. The highest BCUT2D eigenvalue weighted by atomic mass is 35.5. The van der Waals surface area contributed by atoms with Crippen molar-refractivity contribution in [3.8, 4) is 0 Å². The van der Waals surface area contributed by atoms with Gasteiger partial charge in [-0.2, -0.15) is 0 Å². The highest BCUT2D eigenvalue weighted by molar-refractivity contribution is 6.31. The van der Waals surface area contributed by atoms with Crippen molar-refractivity contribution in [2.45, 2.75) is 13.1 Å². The van der Waals surface area contributed by atoms with Crippen molar-refractivity contribution in [1.82, 2.24) is 14.9 Å². The molecule has 0 aliphatic carbocycles. The Morgan fingerprint density at radius 3 is 2.41 bits per heavy atom. The minimum Gasteiger partial charge on any atom is -0.393 e. The van der Waals surface area contributed by atoms with E-state index in [9.17, 15) is 0 Å². The SMILES string of the molecule is Nc1c(NCc2ccccc2Cl)ncnc1N1CCN(Cc2ccccc2)CC1. The summed E-state index contributed by atoms with van der Waals surface area (Å²) < 4.78 is 0. The normalized spacial score (nSPS) is 14.7. The molecule has 2 aromatic carbocycles. The lowest BCUT2D eigenvalue weighted by atomic mass is 10.2. The molecular weight excluding hydrogens is 384 g/mol. The quantitative estimate of drug-likeness (QED) is 0.648. The number of anilines is 3. The van der Waals surface area contributed by atoms with Crippen LogP contribution in [-0.4, -0.2) is 41.0 Å². The summed E-state index contributed by atoms with van der Waals surface area (Å²) >= 11 is 6.24. The number of nitrogens with zero attached hydrogens (tertiary/aromatic N) is 4. The molecule has 3 aromatic rings. The van der Waals surface area contributed by atoms with Crippen LogP contribution in [0.3, 0.4) is 0 Å². The Hall–Kier alpha value is -2.83. The van der Waals surface area contributed by atoms with E-state index in [1.54, 1.807) is 6.33 Å². The number of rotatable bonds is 6. The van der Waals surface area contributed by atoms with Gasteiger partial charge in [0.05, 0.1) is 0 Å². The monoisotopic (exact) mass is 408 g/mol. The van der Waals surface area contributed by atoms with Crippen LogP contribution in [0.2, 0.25) is 5.02 Å². The first kappa shape index (κ1) is 19.5. The molecule has 6 nitrogen and oxygen atoms in total. The Morgan fingerprint density at radius 1 is 0.931 bits per heavy atom. The molecule has 150 valence electrons. The summed E-state index contributed by atoms with van der Waals surface area (Å²) in [4.78, 5) is 13.5. The van der Waals surface area contributed by atoms with E-state index in [0.29, 0.717) is 18.1 Å². The molecule has 0 spiro atoms. The van der Waals surface area contributed by atoms with Crippen molar-refractivity contribution in [2.75, 3.05) is 42.1 Å². The van der Waals surface area contributed by atoms with E-state index in [4.69, 9.17) is 17.3 Å². The lowest BCUT2D eigenvalue weighted by molar-refractivity contribution is 0.249. The summed E-state index contributed by atoms with van der Waals surface area (Å²) in [6.45, 7) is 5.25. The third kappa shape index (κ3) is 4.78. The molecule has 4 rings (SSSR count). The van der Waals surface area contributed by atoms with Gasteiger partial charge in [0.2, 0.25) is 0 Å². The van der Waals surface area contributed by atoms with Crippen molar-refractivity contribution in [3.63, 3.8) is 0 Å². The molecule has 0 bridgehead atoms. The van der Waals surface area contributed by atoms with Gasteiger partial charge in [0.1, 0.15) is 12.0 Å². The number of halogens is 1. The van der Waals surface area contributed by atoms with Crippen LogP contribution >= 0.6 is 11.6 Å². The second-order valence-corrected chi connectivity index (χ2v) is 7.56. The molecule has 1 saturated heterocycles. The maximum atomic E-state index is 6.40. The Labute approximate surface area is 176 Å². The van der Waals surface area contributed by atoms with Crippen LogP contribution in [0.4, 0.5) is 17.3 Å². The Bertz CT molecular complexity index is 941. The number of nitrogens with two attached hydrogens (primary N) is 1. The third-order valence-electron chi connectivity index (χ3n) is 5.19. The van der Waals surface area contributed by atoms with Gasteiger partial charge in [0.15, 0.2) is 11.6 Å². The van der Waals surface area contributed by atoms with E-state index in [-0.39, 0.29) is 0 Å². The van der Waals surface area contributed by atoms with Crippen LogP contribution in [0.5, 0.6) is 0 Å². The third-order valence-corrected chi connectivity index (χ3v) is 5.56. The molecular formula is C22H25ClN6. The van der Waals surface area contributed by atoms with Crippen LogP contribution in [0.25, 0.3) is 0 Å². The lowest BCUT2D eigenvalue weighted by Gasteiger charge is -2.36. The highest BCUT2D eigenvalue weighted by Gasteiger charge is 2.21. The zero-order valence-electron chi connectivity index (χ0n) is 16.3. The first-order valence-electron chi connectivity index (χ1n) is 9.79. The Morgan fingerprint density at radius 2 is 1.66 bits per heavy atom. The number of nitrogen functional groups attached to an aromatic ring is 1. The van der Waals surface area contributed by atoms with E-state index in [0.717, 1.165) is 49.1 Å². The summed E-state index contributed by atoms with van der Waals surface area (Å²) in [5.41, 5.74) is 9.32. The van der Waals surface area contributed by atoms with Crippen LogP contribution in [0.1, 0.15) is 11.1 Å². The highest BCUT2D eigenvalue weighted by Crippen LogP contribution is 2.28. The van der Waals surface area contributed by atoms with Gasteiger partial charge in [-0.1, -0.05) is 60.1 Å². The van der Waals surface area contributed by atoms with Crippen molar-refractivity contribution < 1.29 is 0 Å². The molecule has 1 fully saturated rings. The fraction of sp³-hybridized carbons (Fsp3) is 0.273. The molecule has 0 saturated carbocycles. The van der Waals surface area contributed by atoms with Crippen molar-refractivity contribution in [2.24, 2.45) is 0 Å². The zero-order chi connectivity index (χ0) is 20.1. The molecule has 1 aliphatic heterocycles. The van der Waals surface area contributed by atoms with Crippen molar-refractivity contribution in [3.05, 3.63) is 77.1 Å². The molecule has 1 aromatic heterocycles. The Kier molecular flexibility index (Phi) is 6.12. The predicted molar refractivity (Wildman–Crippen MR) is 119 cm³/mol. The number of hydrogen-bond donors (Lipinski definition) is 2. The van der Waals surface area contributed by atoms with Crippen LogP contribution in [-0.2, 0) is 13.1 Å². The summed E-state index contributed by atoms with van der Waals surface area (Å²) in [6.07, 6.45) is 1.57. The average Bonchev–Trinajstić information content (AvgIpc) is 2.75. The molecule has 3 N–H and O–H groups in total. The Balaban J connectivity index is 1.38. The number of piperazine rings is 1. The molecule has 0 unspecified atom stereocenters. The van der Waals surface area contributed by atoms with Gasteiger partial charge >= 0.3 is 0 Å². The van der Waals surface area contributed by atoms with Gasteiger partial charge in [-0.25, -0.2) is 9.97 Å². The van der Waals surface area contributed by atoms with Crippen molar-refractivity contribution in [1.29, 1.82) is 0 Å². The molecule has 29 heavy (non-hydrogen) atoms. The fourth-order valence-electron chi connectivity index (χ4n) is 3.56. The summed E-state index contributed by atoms with van der Waals surface area (Å²) in [7, 11) is 0. The minimum atomic E-state index is 0.561. The van der Waals surface area contributed by atoms with E-state index in [1.165, 1.54) is 5.56 Å². The average molecular weight is 409 g/mol. The molecule has 0 atom stereocenters. The van der Waals surface area contributed by atoms with E-state index in [1.807, 2.05) is 24.3 Å². The standard InChI is InChI=1S/C22H25ClN6/c23-19-9-5-4-8-18(19)14-25-21-20(24)22(27-16-26-21)29-12-10-28(11-13-29)15-17-6-2-1-3-7-17/h1-9,16H,10-15,24H2,(H,25,26,27). The smallest absolute Gasteiger partial charge is 0.157 e. The van der Waals surface area contributed by atoms with E-state index < -0.39 is 0 Å². The van der Waals surface area contributed by atoms with Crippen LogP contribution < -0.4 is 16.0 Å². The van der Waals surface area contributed by atoms with Gasteiger partial charge in [-0.3, -0.25) is 4.90 Å². The first-order valence-corrected chi connectivity index (χ1v) is 10.2. The number of aromatic nitrogens is 2. The van der Waals surface area contributed by atoms with Gasteiger partial charge in [-0.05, 0) is 17.2 Å². The van der Waals surface area contributed by atoms with Gasteiger partial charge in [0, 0.05) is 44.3 Å². The predicted octanol–water partition coefficient (Wildman–Crippen LogP) is 3.65. The molecule has 0 radical (unpaired) electrons. The van der Waals surface area contributed by atoms with E-state index >= 15 is 0 Å². The summed E-state index contributed by atoms with van der Waals surface area (Å²) in [6, 6.07) is 18.3. The number of benzene rings is 2. The van der Waals surface area contributed by atoms with Crippen molar-refractivity contribution >= 4 is 28.9 Å². The van der Waals surface area contributed by atoms with Crippen LogP contribution in [0.15, 0.2) is 60.9 Å². The summed E-state index contributed by atoms with van der Waals surface area (Å²) in [5.74, 6) is 1.43. The van der Waals surface area contributed by atoms with E-state index in [2.05, 4.69) is 55.4 Å². The lowest BCUT2D eigenvalue weighted by Crippen LogP contribution is -2.46. The molecule has 0 amide bonds. The molecule has 1 aliphatic rings. The zero-order valence-corrected chi connectivity index (χ0v) is 17.0.